The van der Waals surface area contributed by atoms with Crippen LogP contribution in [0.25, 0.3) is 55.6 Å². The van der Waals surface area contributed by atoms with Gasteiger partial charge in [-0.3, -0.25) is 0 Å². The molecule has 9 aromatic carbocycles. The van der Waals surface area contributed by atoms with Gasteiger partial charge in [0.1, 0.15) is 8.07 Å². The van der Waals surface area contributed by atoms with Gasteiger partial charge >= 0.3 is 0 Å². The summed E-state index contributed by atoms with van der Waals surface area (Å²) >= 11 is 0. The molecule has 11 rings (SSSR count). The first-order valence-corrected chi connectivity index (χ1v) is 26.2. The number of fused-ring (bicyclic) bond motifs is 3. The van der Waals surface area contributed by atoms with E-state index in [-0.39, 0.29) is 0 Å². The molecule has 0 spiro atoms. The van der Waals surface area contributed by atoms with Crippen LogP contribution in [-0.4, -0.2) is 8.07 Å². The number of hydrogen-bond acceptors (Lipinski definition) is 2. The van der Waals surface area contributed by atoms with Crippen molar-refractivity contribution in [3.63, 3.8) is 0 Å². The van der Waals surface area contributed by atoms with Gasteiger partial charge in [0.15, 0.2) is 0 Å². The van der Waals surface area contributed by atoms with Crippen LogP contribution in [-0.2, 0) is 0 Å². The molecule has 1 aliphatic heterocycles. The molecule has 1 heterocycles. The van der Waals surface area contributed by atoms with E-state index in [2.05, 4.69) is 273 Å². The first-order valence-electron chi connectivity index (χ1n) is 23.2. The van der Waals surface area contributed by atoms with Gasteiger partial charge in [0, 0.05) is 34.1 Å². The lowest BCUT2D eigenvalue weighted by molar-refractivity contribution is 0.696. The quantitative estimate of drug-likeness (QED) is 0.126. The van der Waals surface area contributed by atoms with E-state index in [1.165, 1.54) is 83.1 Å². The normalized spacial score (nSPS) is 14.5. The molecule has 66 heavy (non-hydrogen) atoms. The second-order valence-corrected chi connectivity index (χ2v) is 22.6. The van der Waals surface area contributed by atoms with Crippen LogP contribution < -0.4 is 20.2 Å². The molecule has 318 valence electrons. The summed E-state index contributed by atoms with van der Waals surface area (Å²) in [4.78, 5) is 4.78. The van der Waals surface area contributed by atoms with Crippen molar-refractivity contribution in [2.75, 3.05) is 9.80 Å². The Morgan fingerprint density at radius 3 is 1.35 bits per heavy atom. The highest BCUT2D eigenvalue weighted by Gasteiger charge is 2.39. The minimum atomic E-state index is -2.02. The fourth-order valence-corrected chi connectivity index (χ4v) is 13.3. The summed E-state index contributed by atoms with van der Waals surface area (Å²) in [5, 5.41) is 3.01. The Balaban J connectivity index is 0.897. The van der Waals surface area contributed by atoms with E-state index in [0.717, 1.165) is 23.5 Å². The first kappa shape index (κ1) is 41.0. The number of rotatable bonds is 10. The van der Waals surface area contributed by atoms with Crippen molar-refractivity contribution in [3.05, 3.63) is 248 Å². The molecule has 0 bridgehead atoms. The van der Waals surface area contributed by atoms with Crippen LogP contribution in [0.3, 0.4) is 0 Å². The molecular formula is C63H52N2Si. The van der Waals surface area contributed by atoms with Crippen molar-refractivity contribution >= 4 is 46.9 Å². The molecule has 0 radical (unpaired) electrons. The van der Waals surface area contributed by atoms with Crippen LogP contribution in [0, 0.1) is 5.92 Å². The van der Waals surface area contributed by atoms with Gasteiger partial charge in [-0.2, -0.15) is 0 Å². The number of anilines is 5. The summed E-state index contributed by atoms with van der Waals surface area (Å²) in [6.45, 7) is 7.34. The maximum absolute atomic E-state index is 2.52. The highest BCUT2D eigenvalue weighted by atomic mass is 28.3. The Kier molecular flexibility index (Phi) is 10.8. The van der Waals surface area contributed by atoms with Crippen LogP contribution in [0.4, 0.5) is 28.4 Å². The van der Waals surface area contributed by atoms with Crippen LogP contribution >= 0.6 is 0 Å². The molecule has 1 unspecified atom stereocenters. The lowest BCUT2D eigenvalue weighted by Gasteiger charge is -2.30. The minimum absolute atomic E-state index is 0.481. The lowest BCUT2D eigenvalue weighted by Crippen LogP contribution is -2.49. The Labute approximate surface area is 391 Å². The van der Waals surface area contributed by atoms with Crippen molar-refractivity contribution in [1.29, 1.82) is 0 Å². The number of allylic oxidation sites excluding steroid dienone is 4. The number of nitrogens with zero attached hydrogens (tertiary/aromatic N) is 2. The minimum Gasteiger partial charge on any atom is -0.314 e. The summed E-state index contributed by atoms with van der Waals surface area (Å²) in [7, 11) is -2.02. The van der Waals surface area contributed by atoms with Crippen molar-refractivity contribution in [2.45, 2.75) is 26.4 Å². The van der Waals surface area contributed by atoms with E-state index in [9.17, 15) is 0 Å². The molecule has 1 atom stereocenters. The van der Waals surface area contributed by atoms with Crippen LogP contribution in [0.1, 0.15) is 13.3 Å². The van der Waals surface area contributed by atoms with E-state index in [1.807, 2.05) is 0 Å². The standard InChI is InChI=1S/C63H52N2Si/c1-45-15-13-22-58(43-45)65(56-36-27-49(28-37-56)47-18-9-5-10-19-47)57-40-31-51(32-41-57)59-23-14-24-61-63(59)60-42-33-52(44-62(60)66(61,2)3)50-29-38-55(39-30-50)64(53-20-11-6-12-21-53)54-34-25-48(26-35-54)46-16-7-4-8-17-46/h4-42,44-45H,43H2,1-3H3. The van der Waals surface area contributed by atoms with Gasteiger partial charge in [-0.25, -0.2) is 0 Å². The van der Waals surface area contributed by atoms with Crippen LogP contribution in [0.5, 0.6) is 0 Å². The number of benzene rings is 9. The molecule has 0 saturated carbocycles. The third kappa shape index (κ3) is 7.72. The van der Waals surface area contributed by atoms with Crippen molar-refractivity contribution in [2.24, 2.45) is 5.92 Å². The van der Waals surface area contributed by atoms with Gasteiger partial charge in [-0.1, -0.05) is 196 Å². The zero-order valence-corrected chi connectivity index (χ0v) is 38.8. The third-order valence-electron chi connectivity index (χ3n) is 13.6. The number of hydrogen-bond donors (Lipinski definition) is 0. The third-order valence-corrected chi connectivity index (χ3v) is 17.1. The zero-order chi connectivity index (χ0) is 44.6. The molecule has 3 heteroatoms. The summed E-state index contributed by atoms with van der Waals surface area (Å²) in [6, 6.07) is 82.4. The SMILES string of the molecule is CC1C=CC=C(N(c2ccc(-c3ccccc3)cc2)c2ccc(-c3cccc4c3-c3ccc(-c5ccc(N(c6ccccc6)c6ccc(-c7ccccc7)cc6)cc5)cc3[Si]4(C)C)cc2)C1. The van der Waals surface area contributed by atoms with E-state index >= 15 is 0 Å². The Morgan fingerprint density at radius 2 is 0.818 bits per heavy atom. The second kappa shape index (κ2) is 17.3. The monoisotopic (exact) mass is 864 g/mol. The predicted octanol–water partition coefficient (Wildman–Crippen LogP) is 16.2. The van der Waals surface area contributed by atoms with Crippen LogP contribution in [0.2, 0.25) is 13.1 Å². The van der Waals surface area contributed by atoms with Crippen molar-refractivity contribution in [3.8, 4) is 55.6 Å². The average molecular weight is 865 g/mol. The average Bonchev–Trinajstić information content (AvgIpc) is 3.61. The van der Waals surface area contributed by atoms with Crippen molar-refractivity contribution < 1.29 is 0 Å². The lowest BCUT2D eigenvalue weighted by atomic mass is 9.93. The smallest absolute Gasteiger partial charge is 0.113 e. The summed E-state index contributed by atoms with van der Waals surface area (Å²) in [6.07, 6.45) is 7.78. The van der Waals surface area contributed by atoms with E-state index in [0.29, 0.717) is 5.92 Å². The molecule has 0 fully saturated rings. The highest BCUT2D eigenvalue weighted by Crippen LogP contribution is 2.42. The number of para-hydroxylation sites is 1. The fraction of sp³-hybridized carbons (Fsp3) is 0.0794. The van der Waals surface area contributed by atoms with E-state index in [4.69, 9.17) is 0 Å². The molecule has 0 N–H and O–H groups in total. The van der Waals surface area contributed by atoms with E-state index in [1.54, 1.807) is 0 Å². The largest absolute Gasteiger partial charge is 0.314 e. The highest BCUT2D eigenvalue weighted by molar-refractivity contribution is 7.04. The maximum atomic E-state index is 2.52. The van der Waals surface area contributed by atoms with Crippen molar-refractivity contribution in [1.82, 2.24) is 0 Å². The fourth-order valence-electron chi connectivity index (χ4n) is 10.2. The molecule has 0 aromatic heterocycles. The predicted molar refractivity (Wildman–Crippen MR) is 285 cm³/mol. The molecule has 9 aromatic rings. The van der Waals surface area contributed by atoms with Gasteiger partial charge in [-0.15, -0.1) is 0 Å². The van der Waals surface area contributed by atoms with Gasteiger partial charge in [0.25, 0.3) is 0 Å². The molecule has 0 amide bonds. The molecule has 0 saturated heterocycles. The summed E-state index contributed by atoms with van der Waals surface area (Å²) < 4.78 is 0. The van der Waals surface area contributed by atoms with Gasteiger partial charge in [0.2, 0.25) is 0 Å². The Hall–Kier alpha value is -7.72. The second-order valence-electron chi connectivity index (χ2n) is 18.3. The zero-order valence-electron chi connectivity index (χ0n) is 37.8. The summed E-state index contributed by atoms with van der Waals surface area (Å²) in [5.74, 6) is 0.481. The molecule has 2 aliphatic rings. The topological polar surface area (TPSA) is 6.48 Å². The molecular weight excluding hydrogens is 813 g/mol. The van der Waals surface area contributed by atoms with Gasteiger partial charge in [0.05, 0.1) is 0 Å². The molecule has 2 nitrogen and oxygen atoms in total. The molecule has 1 aliphatic carbocycles. The Morgan fingerprint density at radius 1 is 0.379 bits per heavy atom. The van der Waals surface area contributed by atoms with Crippen LogP contribution in [0.15, 0.2) is 248 Å². The Bertz CT molecular complexity index is 3210. The summed E-state index contributed by atoms with van der Waals surface area (Å²) in [5.41, 5.74) is 19.7. The van der Waals surface area contributed by atoms with Gasteiger partial charge < -0.3 is 9.80 Å². The van der Waals surface area contributed by atoms with Gasteiger partial charge in [-0.05, 0) is 145 Å². The first-order chi connectivity index (χ1) is 32.4. The maximum Gasteiger partial charge on any atom is 0.113 e. The van der Waals surface area contributed by atoms with E-state index < -0.39 is 8.07 Å².